The summed E-state index contributed by atoms with van der Waals surface area (Å²) in [6.07, 6.45) is 3.59. The van der Waals surface area contributed by atoms with Gasteiger partial charge in [0.15, 0.2) is 63.6 Å². The summed E-state index contributed by atoms with van der Waals surface area (Å²) in [4.78, 5) is 52.5. The van der Waals surface area contributed by atoms with Crippen LogP contribution in [-0.4, -0.2) is 70.8 Å². The van der Waals surface area contributed by atoms with E-state index in [2.05, 4.69) is 0 Å². The van der Waals surface area contributed by atoms with Gasteiger partial charge in [0.1, 0.15) is 5.57 Å². The Bertz CT molecular complexity index is 1860. The minimum Gasteiger partial charge on any atom is -0.504 e. The van der Waals surface area contributed by atoms with Crippen molar-refractivity contribution >= 4 is 40.5 Å². The highest BCUT2D eigenvalue weighted by molar-refractivity contribution is 6.26. The monoisotopic (exact) mass is 646 g/mol. The van der Waals surface area contributed by atoms with E-state index in [1.807, 2.05) is 19.9 Å². The second kappa shape index (κ2) is 13.1. The maximum atomic E-state index is 13.4. The predicted octanol–water partition coefficient (Wildman–Crippen LogP) is 3.90. The van der Waals surface area contributed by atoms with Gasteiger partial charge in [0, 0.05) is 23.1 Å². The highest BCUT2D eigenvalue weighted by Gasteiger charge is 2.56. The van der Waals surface area contributed by atoms with Crippen molar-refractivity contribution in [2.75, 3.05) is 0 Å². The van der Waals surface area contributed by atoms with E-state index in [0.717, 1.165) is 49.3 Å². The summed E-state index contributed by atoms with van der Waals surface area (Å²) >= 11 is 0. The number of esters is 1. The van der Waals surface area contributed by atoms with Gasteiger partial charge in [-0.1, -0.05) is 44.1 Å². The molecular weight excluding hydrogens is 612 g/mol. The number of benzene rings is 2. The van der Waals surface area contributed by atoms with Gasteiger partial charge in [-0.2, -0.15) is 0 Å². The van der Waals surface area contributed by atoms with Crippen LogP contribution in [0.1, 0.15) is 57.2 Å². The summed E-state index contributed by atoms with van der Waals surface area (Å²) in [6.45, 7) is 6.66. The molecule has 12 heteroatoms. The molecule has 0 spiro atoms. The number of ether oxygens (including phenoxy) is 1. The van der Waals surface area contributed by atoms with Crippen LogP contribution in [0.2, 0.25) is 0 Å². The molecule has 4 rings (SSSR count). The fourth-order valence-corrected chi connectivity index (χ4v) is 5.36. The number of aromatic hydroxyl groups is 4. The lowest BCUT2D eigenvalue weighted by atomic mass is 9.81. The predicted molar refractivity (Wildman–Crippen MR) is 169 cm³/mol. The van der Waals surface area contributed by atoms with Crippen molar-refractivity contribution < 1.29 is 59.7 Å². The number of Topliss-reactive ketones (excluding diaryl/α,β-unsaturated/α-hetero) is 2. The maximum Gasteiger partial charge on any atom is 0.348 e. The molecule has 1 heterocycles. The zero-order valence-corrected chi connectivity index (χ0v) is 25.9. The van der Waals surface area contributed by atoms with E-state index in [-0.39, 0.29) is 11.5 Å². The normalized spacial score (nSPS) is 21.7. The van der Waals surface area contributed by atoms with E-state index in [9.17, 15) is 54.9 Å². The fourth-order valence-electron chi connectivity index (χ4n) is 5.36. The van der Waals surface area contributed by atoms with E-state index < -0.39 is 104 Å². The Hall–Kier alpha value is -5.46. The first-order chi connectivity index (χ1) is 22.0. The Kier molecular flexibility index (Phi) is 9.60. The Morgan fingerprint density at radius 3 is 2.15 bits per heavy atom. The molecule has 12 nitrogen and oxygen atoms in total. The van der Waals surface area contributed by atoms with Gasteiger partial charge in [-0.3, -0.25) is 14.4 Å². The number of aliphatic hydroxyl groups excluding tert-OH is 2. The highest BCUT2D eigenvalue weighted by Crippen LogP contribution is 2.48. The van der Waals surface area contributed by atoms with Crippen molar-refractivity contribution in [3.05, 3.63) is 87.9 Å². The summed E-state index contributed by atoms with van der Waals surface area (Å²) in [5, 5.41) is 73.9. The Morgan fingerprint density at radius 1 is 0.936 bits per heavy atom. The van der Waals surface area contributed by atoms with E-state index in [1.165, 1.54) is 18.2 Å². The first-order valence-electron chi connectivity index (χ1n) is 14.6. The van der Waals surface area contributed by atoms with Crippen LogP contribution < -0.4 is 0 Å². The molecule has 1 aliphatic heterocycles. The Morgan fingerprint density at radius 2 is 1.55 bits per heavy atom. The average Bonchev–Trinajstić information content (AvgIpc) is 3.39. The van der Waals surface area contributed by atoms with Crippen LogP contribution in [0.25, 0.3) is 17.2 Å². The number of aliphatic hydroxyl groups is 3. The fraction of sp³-hybridized carbons (Fsp3) is 0.257. The lowest BCUT2D eigenvalue weighted by Crippen LogP contribution is -2.48. The number of cyclic esters (lactones) is 1. The molecular formula is C35H34O12. The standard InChI is InChI=1S/C35H34O12/c1-5-16(2)10-17(3)6-8-20(37)13-23-30(35(46,18(4)36)33(44)31(23)42)22-15-27(41)26(40)14-21(22)29-32(43)28(47-34(29)45)12-19-7-9-24(38)25(39)11-19/h6-12,14-16,33,38-41,43-44,46H,5,13H2,1-4H3/b8-6+,17-10+,28-12-/t16-,33+,35-/m1/s1. The van der Waals surface area contributed by atoms with Gasteiger partial charge in [0.05, 0.1) is 0 Å². The first kappa shape index (κ1) is 34.4. The number of allylic oxidation sites excluding steroid dienone is 4. The summed E-state index contributed by atoms with van der Waals surface area (Å²) < 4.78 is 5.20. The molecule has 7 N–H and O–H groups in total. The largest absolute Gasteiger partial charge is 0.504 e. The number of carbonyl (C=O) groups excluding carboxylic acids is 4. The molecule has 0 saturated heterocycles. The molecule has 0 unspecified atom stereocenters. The maximum absolute atomic E-state index is 13.4. The molecule has 0 fully saturated rings. The first-order valence-corrected chi connectivity index (χ1v) is 14.6. The molecule has 0 aromatic heterocycles. The lowest BCUT2D eigenvalue weighted by molar-refractivity contribution is -0.145. The van der Waals surface area contributed by atoms with Crippen molar-refractivity contribution in [2.24, 2.45) is 5.92 Å². The average molecular weight is 647 g/mol. The van der Waals surface area contributed by atoms with Crippen LogP contribution >= 0.6 is 0 Å². The van der Waals surface area contributed by atoms with Crippen LogP contribution in [0.4, 0.5) is 0 Å². The van der Waals surface area contributed by atoms with Crippen LogP contribution in [0.3, 0.4) is 0 Å². The Labute approximate surface area is 269 Å². The minimum absolute atomic E-state index is 0.186. The van der Waals surface area contributed by atoms with Crippen molar-refractivity contribution in [3.8, 4) is 23.0 Å². The third-order valence-corrected chi connectivity index (χ3v) is 8.06. The number of hydrogen-bond acceptors (Lipinski definition) is 12. The number of phenolic OH excluding ortho intramolecular Hbond substituents is 4. The van der Waals surface area contributed by atoms with Crippen molar-refractivity contribution in [1.29, 1.82) is 0 Å². The van der Waals surface area contributed by atoms with Crippen molar-refractivity contribution in [1.82, 2.24) is 0 Å². The topological polar surface area (TPSA) is 219 Å². The van der Waals surface area contributed by atoms with Gasteiger partial charge in [-0.25, -0.2) is 4.79 Å². The third-order valence-electron chi connectivity index (χ3n) is 8.06. The second-order valence-electron chi connectivity index (χ2n) is 11.5. The van der Waals surface area contributed by atoms with Gasteiger partial charge in [0.25, 0.3) is 0 Å². The second-order valence-corrected chi connectivity index (χ2v) is 11.5. The lowest BCUT2D eigenvalue weighted by Gasteiger charge is -2.28. The summed E-state index contributed by atoms with van der Waals surface area (Å²) in [5.41, 5.74) is -4.62. The van der Waals surface area contributed by atoms with Crippen LogP contribution in [0.5, 0.6) is 23.0 Å². The molecule has 3 atom stereocenters. The molecule has 246 valence electrons. The molecule has 0 radical (unpaired) electrons. The zero-order valence-electron chi connectivity index (χ0n) is 25.9. The highest BCUT2D eigenvalue weighted by atomic mass is 16.6. The summed E-state index contributed by atoms with van der Waals surface area (Å²) in [6, 6.07) is 5.22. The zero-order chi connectivity index (χ0) is 35.0. The van der Waals surface area contributed by atoms with Gasteiger partial charge < -0.3 is 40.5 Å². The molecule has 2 aromatic carbocycles. The van der Waals surface area contributed by atoms with Crippen molar-refractivity contribution in [3.63, 3.8) is 0 Å². The van der Waals surface area contributed by atoms with E-state index in [0.29, 0.717) is 0 Å². The van der Waals surface area contributed by atoms with Gasteiger partial charge in [0.2, 0.25) is 0 Å². The molecule has 2 aromatic rings. The van der Waals surface area contributed by atoms with Gasteiger partial charge >= 0.3 is 5.97 Å². The van der Waals surface area contributed by atoms with Gasteiger partial charge in [-0.15, -0.1) is 0 Å². The van der Waals surface area contributed by atoms with Crippen molar-refractivity contribution in [2.45, 2.75) is 52.2 Å². The number of rotatable bonds is 10. The smallest absolute Gasteiger partial charge is 0.348 e. The summed E-state index contributed by atoms with van der Waals surface area (Å²) in [5.74, 6) is -7.68. The summed E-state index contributed by atoms with van der Waals surface area (Å²) in [7, 11) is 0. The van der Waals surface area contributed by atoms with Crippen LogP contribution in [-0.2, 0) is 23.9 Å². The Balaban J connectivity index is 1.94. The van der Waals surface area contributed by atoms with E-state index >= 15 is 0 Å². The number of carbonyl (C=O) groups is 4. The van der Waals surface area contributed by atoms with E-state index in [4.69, 9.17) is 4.74 Å². The van der Waals surface area contributed by atoms with E-state index in [1.54, 1.807) is 6.92 Å². The number of ketones is 3. The third kappa shape index (κ3) is 6.46. The molecule has 1 aliphatic carbocycles. The molecule has 0 bridgehead atoms. The molecule has 47 heavy (non-hydrogen) atoms. The molecule has 0 amide bonds. The quantitative estimate of drug-likeness (QED) is 0.0846. The molecule has 2 aliphatic rings. The minimum atomic E-state index is -2.96. The molecule has 0 saturated carbocycles. The van der Waals surface area contributed by atoms with Crippen LogP contribution in [0, 0.1) is 5.92 Å². The van der Waals surface area contributed by atoms with Gasteiger partial charge in [-0.05, 0) is 67.3 Å². The SMILES string of the molecule is CC[C@@H](C)/C=C(C)/C=C/C(=O)CC1=C(c2cc(O)c(O)cc2C2=C(O)/C(=C/c3ccc(O)c(O)c3)OC2=O)[C@](O)(C(C)=O)[C@@H](O)C1=O. The number of phenols is 4. The number of hydrogen-bond donors (Lipinski definition) is 7. The van der Waals surface area contributed by atoms with Crippen LogP contribution in [0.15, 0.2) is 71.2 Å².